The van der Waals surface area contributed by atoms with Gasteiger partial charge in [0.1, 0.15) is 0 Å². The zero-order chi connectivity index (χ0) is 12.3. The Bertz CT molecular complexity index is 378. The van der Waals surface area contributed by atoms with Crippen LogP contribution in [-0.4, -0.2) is 31.1 Å². The monoisotopic (exact) mass is 252 g/mol. The maximum Gasteiger partial charge on any atom is 0.0455 e. The van der Waals surface area contributed by atoms with Crippen LogP contribution in [0.25, 0.3) is 0 Å². The van der Waals surface area contributed by atoms with Crippen molar-refractivity contribution in [3.8, 4) is 0 Å². The number of rotatable bonds is 3. The molecule has 1 atom stereocenters. The number of piperidine rings is 1. The van der Waals surface area contributed by atoms with Crippen molar-refractivity contribution in [1.29, 1.82) is 0 Å². The molecular weight excluding hydrogens is 232 g/mol. The van der Waals surface area contributed by atoms with Gasteiger partial charge >= 0.3 is 0 Å². The summed E-state index contributed by atoms with van der Waals surface area (Å²) < 4.78 is 0. The molecule has 0 spiro atoms. The highest BCUT2D eigenvalue weighted by atomic mass is 35.5. The molecule has 1 N–H and O–H groups in total. The van der Waals surface area contributed by atoms with Gasteiger partial charge in [-0.1, -0.05) is 24.1 Å². The average Bonchev–Trinajstić information content (AvgIpc) is 2.33. The van der Waals surface area contributed by atoms with Crippen molar-refractivity contribution >= 4 is 17.3 Å². The van der Waals surface area contributed by atoms with E-state index in [0.29, 0.717) is 6.04 Å². The van der Waals surface area contributed by atoms with E-state index < -0.39 is 0 Å². The zero-order valence-corrected chi connectivity index (χ0v) is 11.4. The van der Waals surface area contributed by atoms with Crippen LogP contribution in [0.15, 0.2) is 18.2 Å². The highest BCUT2D eigenvalue weighted by Crippen LogP contribution is 2.23. The van der Waals surface area contributed by atoms with Gasteiger partial charge in [-0.25, -0.2) is 0 Å². The van der Waals surface area contributed by atoms with Crippen molar-refractivity contribution in [3.63, 3.8) is 0 Å². The summed E-state index contributed by atoms with van der Waals surface area (Å²) in [4.78, 5) is 2.45. The molecule has 17 heavy (non-hydrogen) atoms. The van der Waals surface area contributed by atoms with E-state index >= 15 is 0 Å². The van der Waals surface area contributed by atoms with Crippen LogP contribution >= 0.6 is 11.6 Å². The van der Waals surface area contributed by atoms with Crippen LogP contribution in [0.5, 0.6) is 0 Å². The van der Waals surface area contributed by atoms with Crippen molar-refractivity contribution in [2.75, 3.05) is 25.5 Å². The quantitative estimate of drug-likeness (QED) is 0.885. The highest BCUT2D eigenvalue weighted by Gasteiger charge is 2.18. The Hall–Kier alpha value is -0.730. The van der Waals surface area contributed by atoms with E-state index in [0.717, 1.165) is 22.8 Å². The van der Waals surface area contributed by atoms with Gasteiger partial charge in [-0.3, -0.25) is 0 Å². The minimum absolute atomic E-state index is 0.655. The largest absolute Gasteiger partial charge is 0.383 e. The van der Waals surface area contributed by atoms with Gasteiger partial charge in [0, 0.05) is 23.3 Å². The molecule has 1 fully saturated rings. The third-order valence-electron chi connectivity index (χ3n) is 3.72. The summed E-state index contributed by atoms with van der Waals surface area (Å²) >= 11 is 6.11. The number of halogens is 1. The molecule has 2 rings (SSSR count). The van der Waals surface area contributed by atoms with E-state index in [9.17, 15) is 0 Å². The van der Waals surface area contributed by atoms with Gasteiger partial charge in [-0.05, 0) is 51.1 Å². The fraction of sp³-hybridized carbons (Fsp3) is 0.571. The second-order valence-corrected chi connectivity index (χ2v) is 5.33. The summed E-state index contributed by atoms with van der Waals surface area (Å²) in [5, 5.41) is 4.37. The second kappa shape index (κ2) is 5.74. The topological polar surface area (TPSA) is 15.3 Å². The third kappa shape index (κ3) is 3.14. The van der Waals surface area contributed by atoms with Gasteiger partial charge in [-0.15, -0.1) is 0 Å². The molecule has 3 heteroatoms. The molecule has 1 aliphatic heterocycles. The number of hydrogen-bond acceptors (Lipinski definition) is 2. The van der Waals surface area contributed by atoms with Crippen LogP contribution in [0.3, 0.4) is 0 Å². The van der Waals surface area contributed by atoms with E-state index in [1.165, 1.54) is 25.8 Å². The van der Waals surface area contributed by atoms with E-state index in [2.05, 4.69) is 30.3 Å². The highest BCUT2D eigenvalue weighted by molar-refractivity contribution is 6.31. The fourth-order valence-corrected chi connectivity index (χ4v) is 2.60. The van der Waals surface area contributed by atoms with Crippen LogP contribution in [0.4, 0.5) is 5.69 Å². The molecule has 94 valence electrons. The lowest BCUT2D eigenvalue weighted by atomic mass is 10.0. The Morgan fingerprint density at radius 3 is 3.00 bits per heavy atom. The molecule has 1 heterocycles. The first kappa shape index (κ1) is 12.7. The number of benzene rings is 1. The maximum absolute atomic E-state index is 6.11. The lowest BCUT2D eigenvalue weighted by molar-refractivity contribution is 0.194. The Balaban J connectivity index is 1.95. The van der Waals surface area contributed by atoms with Gasteiger partial charge in [0.05, 0.1) is 0 Å². The molecule has 0 aromatic heterocycles. The molecule has 1 aromatic rings. The molecule has 1 aromatic carbocycles. The molecule has 0 aliphatic carbocycles. The first-order chi connectivity index (χ1) is 8.18. The maximum atomic E-state index is 6.11. The van der Waals surface area contributed by atoms with Crippen molar-refractivity contribution < 1.29 is 0 Å². The molecule has 1 saturated heterocycles. The zero-order valence-electron chi connectivity index (χ0n) is 10.7. The van der Waals surface area contributed by atoms with Crippen molar-refractivity contribution in [3.05, 3.63) is 28.8 Å². The summed E-state index contributed by atoms with van der Waals surface area (Å²) in [5.74, 6) is 0. The lowest BCUT2D eigenvalue weighted by Gasteiger charge is -2.33. The second-order valence-electron chi connectivity index (χ2n) is 4.92. The molecule has 0 radical (unpaired) electrons. The van der Waals surface area contributed by atoms with E-state index in [1.807, 2.05) is 12.1 Å². The average molecular weight is 253 g/mol. The molecule has 0 saturated carbocycles. The molecule has 0 bridgehead atoms. The minimum atomic E-state index is 0.655. The fourth-order valence-electron chi connectivity index (χ4n) is 2.43. The van der Waals surface area contributed by atoms with Crippen molar-refractivity contribution in [1.82, 2.24) is 4.90 Å². The van der Waals surface area contributed by atoms with Crippen LogP contribution in [0.2, 0.25) is 5.02 Å². The van der Waals surface area contributed by atoms with Gasteiger partial charge in [0.2, 0.25) is 0 Å². The van der Waals surface area contributed by atoms with Gasteiger partial charge < -0.3 is 10.2 Å². The standard InChI is InChI=1S/C14H21ClN2/c1-11-13(15)7-5-8-14(11)16-10-12-6-3-4-9-17(12)2/h5,7-8,12,16H,3-4,6,9-10H2,1-2H3. The van der Waals surface area contributed by atoms with Gasteiger partial charge in [-0.2, -0.15) is 0 Å². The minimum Gasteiger partial charge on any atom is -0.383 e. The van der Waals surface area contributed by atoms with Crippen LogP contribution < -0.4 is 5.32 Å². The van der Waals surface area contributed by atoms with Gasteiger partial charge in [0.25, 0.3) is 0 Å². The first-order valence-electron chi connectivity index (χ1n) is 6.37. The normalized spacial score (nSPS) is 21.5. The summed E-state index contributed by atoms with van der Waals surface area (Å²) in [6, 6.07) is 6.70. The predicted molar refractivity (Wildman–Crippen MR) is 74.9 cm³/mol. The predicted octanol–water partition coefficient (Wildman–Crippen LogP) is 3.54. The molecule has 1 aliphatic rings. The number of nitrogens with one attached hydrogen (secondary N) is 1. The van der Waals surface area contributed by atoms with Crippen LogP contribution in [0, 0.1) is 6.92 Å². The number of likely N-dealkylation sites (tertiary alicyclic amines) is 1. The van der Waals surface area contributed by atoms with Crippen LogP contribution in [-0.2, 0) is 0 Å². The third-order valence-corrected chi connectivity index (χ3v) is 4.13. The van der Waals surface area contributed by atoms with E-state index in [-0.39, 0.29) is 0 Å². The molecule has 0 amide bonds. The first-order valence-corrected chi connectivity index (χ1v) is 6.75. The summed E-state index contributed by atoms with van der Waals surface area (Å²) in [7, 11) is 2.22. The summed E-state index contributed by atoms with van der Waals surface area (Å²) in [6.07, 6.45) is 3.98. The van der Waals surface area contributed by atoms with Crippen LogP contribution in [0.1, 0.15) is 24.8 Å². The Morgan fingerprint density at radius 2 is 2.24 bits per heavy atom. The van der Waals surface area contributed by atoms with E-state index in [1.54, 1.807) is 0 Å². The number of nitrogens with zero attached hydrogens (tertiary/aromatic N) is 1. The molecular formula is C14H21ClN2. The SMILES string of the molecule is Cc1c(Cl)cccc1NCC1CCCCN1C. The smallest absolute Gasteiger partial charge is 0.0455 e. The Kier molecular flexibility index (Phi) is 4.30. The van der Waals surface area contributed by atoms with E-state index in [4.69, 9.17) is 11.6 Å². The number of likely N-dealkylation sites (N-methyl/N-ethyl adjacent to an activating group) is 1. The van der Waals surface area contributed by atoms with Crippen molar-refractivity contribution in [2.24, 2.45) is 0 Å². The molecule has 2 nitrogen and oxygen atoms in total. The summed E-state index contributed by atoms with van der Waals surface area (Å²) in [6.45, 7) is 4.30. The number of hydrogen-bond donors (Lipinski definition) is 1. The summed E-state index contributed by atoms with van der Waals surface area (Å²) in [5.41, 5.74) is 2.31. The number of anilines is 1. The Morgan fingerprint density at radius 1 is 1.41 bits per heavy atom. The lowest BCUT2D eigenvalue weighted by Crippen LogP contribution is -2.40. The van der Waals surface area contributed by atoms with Gasteiger partial charge in [0.15, 0.2) is 0 Å². The molecule has 1 unspecified atom stereocenters. The van der Waals surface area contributed by atoms with Crippen molar-refractivity contribution in [2.45, 2.75) is 32.2 Å². The Labute approximate surface area is 109 Å².